The molecule has 0 aliphatic rings. The smallest absolute Gasteiger partial charge is 0.337 e. The number of sulfone groups is 1. The lowest BCUT2D eigenvalue weighted by molar-refractivity contribution is -0.128. The predicted octanol–water partition coefficient (Wildman–Crippen LogP) is 1.94. The Balaban J connectivity index is 3.17. The molecule has 0 aliphatic carbocycles. The van der Waals surface area contributed by atoms with Gasteiger partial charge in [0.15, 0.2) is 9.84 Å². The SMILES string of the molecule is CN(C)C(=O)CCS(=O)(=O)c1cc(C(=O)O)c(Cl)cc1Cl. The molecule has 0 unspecified atom stereocenters. The molecule has 0 aliphatic heterocycles. The lowest BCUT2D eigenvalue weighted by atomic mass is 10.2. The number of nitrogens with zero attached hydrogens (tertiary/aromatic N) is 1. The number of carboxylic acid groups (broad SMARTS) is 1. The minimum atomic E-state index is -3.89. The van der Waals surface area contributed by atoms with Gasteiger partial charge in [-0.25, -0.2) is 13.2 Å². The Morgan fingerprint density at radius 3 is 2.24 bits per heavy atom. The van der Waals surface area contributed by atoms with Gasteiger partial charge in [0.25, 0.3) is 0 Å². The highest BCUT2D eigenvalue weighted by Gasteiger charge is 2.23. The Labute approximate surface area is 132 Å². The van der Waals surface area contributed by atoms with E-state index in [1.165, 1.54) is 19.0 Å². The minimum absolute atomic E-state index is 0.157. The van der Waals surface area contributed by atoms with Crippen molar-refractivity contribution >= 4 is 44.9 Å². The van der Waals surface area contributed by atoms with E-state index in [4.69, 9.17) is 28.3 Å². The van der Waals surface area contributed by atoms with Crippen LogP contribution in [0.25, 0.3) is 0 Å². The first kappa shape index (κ1) is 17.7. The molecule has 0 fully saturated rings. The molecule has 1 amide bonds. The van der Waals surface area contributed by atoms with Crippen molar-refractivity contribution in [2.75, 3.05) is 19.8 Å². The molecule has 1 rings (SSSR count). The molecule has 0 saturated carbocycles. The topological polar surface area (TPSA) is 91.8 Å². The highest BCUT2D eigenvalue weighted by Crippen LogP contribution is 2.29. The summed E-state index contributed by atoms with van der Waals surface area (Å²) < 4.78 is 24.3. The van der Waals surface area contributed by atoms with E-state index in [1.807, 2.05) is 0 Å². The van der Waals surface area contributed by atoms with Crippen LogP contribution in [0, 0.1) is 0 Å². The zero-order valence-electron chi connectivity index (χ0n) is 11.3. The summed E-state index contributed by atoms with van der Waals surface area (Å²) in [5, 5.41) is 8.62. The largest absolute Gasteiger partial charge is 0.478 e. The molecule has 21 heavy (non-hydrogen) atoms. The lowest BCUT2D eigenvalue weighted by Gasteiger charge is -2.11. The van der Waals surface area contributed by atoms with Crippen LogP contribution >= 0.6 is 23.2 Å². The predicted molar refractivity (Wildman–Crippen MR) is 78.8 cm³/mol. The average molecular weight is 354 g/mol. The van der Waals surface area contributed by atoms with Crippen molar-refractivity contribution < 1.29 is 23.1 Å². The summed E-state index contributed by atoms with van der Waals surface area (Å²) >= 11 is 11.5. The highest BCUT2D eigenvalue weighted by molar-refractivity contribution is 7.91. The number of rotatable bonds is 5. The third kappa shape index (κ3) is 4.33. The number of halogens is 2. The molecule has 0 spiro atoms. The third-order valence-electron chi connectivity index (χ3n) is 2.67. The number of aromatic carboxylic acids is 1. The van der Waals surface area contributed by atoms with E-state index in [2.05, 4.69) is 0 Å². The number of amides is 1. The summed E-state index contributed by atoms with van der Waals surface area (Å²) in [7, 11) is -0.880. The van der Waals surface area contributed by atoms with Crippen LogP contribution in [0.3, 0.4) is 0 Å². The van der Waals surface area contributed by atoms with Crippen LogP contribution in [0.5, 0.6) is 0 Å². The van der Waals surface area contributed by atoms with Crippen molar-refractivity contribution in [2.45, 2.75) is 11.3 Å². The molecule has 1 aromatic carbocycles. The third-order valence-corrected chi connectivity index (χ3v) is 5.16. The van der Waals surface area contributed by atoms with E-state index >= 15 is 0 Å². The van der Waals surface area contributed by atoms with Crippen LogP contribution in [0.2, 0.25) is 10.0 Å². The van der Waals surface area contributed by atoms with Gasteiger partial charge in [-0.15, -0.1) is 0 Å². The van der Waals surface area contributed by atoms with Crippen LogP contribution in [0.15, 0.2) is 17.0 Å². The van der Waals surface area contributed by atoms with E-state index in [1.54, 1.807) is 0 Å². The fraction of sp³-hybridized carbons (Fsp3) is 0.333. The second-order valence-electron chi connectivity index (χ2n) is 4.42. The standard InChI is InChI=1S/C12H13Cl2NO5S/c1-15(2)11(16)3-4-21(19,20)10-5-7(12(17)18)8(13)6-9(10)14/h5-6H,3-4H2,1-2H3,(H,17,18). The van der Waals surface area contributed by atoms with E-state index in [-0.39, 0.29) is 32.8 Å². The van der Waals surface area contributed by atoms with Gasteiger partial charge in [-0.2, -0.15) is 0 Å². The van der Waals surface area contributed by atoms with Crippen LogP contribution in [0.4, 0.5) is 0 Å². The zero-order valence-corrected chi connectivity index (χ0v) is 13.6. The normalized spacial score (nSPS) is 11.2. The highest BCUT2D eigenvalue weighted by atomic mass is 35.5. The quantitative estimate of drug-likeness (QED) is 0.873. The number of carbonyl (C=O) groups is 2. The van der Waals surface area contributed by atoms with Gasteiger partial charge < -0.3 is 10.0 Å². The molecule has 0 saturated heterocycles. The van der Waals surface area contributed by atoms with Crippen molar-refractivity contribution in [2.24, 2.45) is 0 Å². The molecule has 0 bridgehead atoms. The zero-order chi connectivity index (χ0) is 16.4. The van der Waals surface area contributed by atoms with Gasteiger partial charge in [0.05, 0.1) is 26.3 Å². The monoisotopic (exact) mass is 353 g/mol. The summed E-state index contributed by atoms with van der Waals surface area (Å²) in [6.45, 7) is 0. The Hall–Kier alpha value is -1.31. The average Bonchev–Trinajstić information content (AvgIpc) is 2.34. The molecule has 0 atom stereocenters. The first-order valence-corrected chi connectivity index (χ1v) is 8.12. The minimum Gasteiger partial charge on any atom is -0.478 e. The van der Waals surface area contributed by atoms with Crippen molar-refractivity contribution in [3.63, 3.8) is 0 Å². The van der Waals surface area contributed by atoms with Crippen LogP contribution < -0.4 is 0 Å². The first-order chi connectivity index (χ1) is 9.56. The molecular formula is C12H13Cl2NO5S. The van der Waals surface area contributed by atoms with Crippen molar-refractivity contribution in [3.05, 3.63) is 27.7 Å². The Morgan fingerprint density at radius 1 is 1.19 bits per heavy atom. The van der Waals surface area contributed by atoms with Crippen LogP contribution in [-0.2, 0) is 14.6 Å². The molecular weight excluding hydrogens is 341 g/mol. The molecule has 1 aromatic rings. The summed E-state index contributed by atoms with van der Waals surface area (Å²) in [6, 6.07) is 1.97. The second-order valence-corrected chi connectivity index (χ2v) is 7.32. The van der Waals surface area contributed by atoms with Crippen molar-refractivity contribution in [1.29, 1.82) is 0 Å². The lowest BCUT2D eigenvalue weighted by Crippen LogP contribution is -2.24. The number of carboxylic acids is 1. The fourth-order valence-electron chi connectivity index (χ4n) is 1.49. The van der Waals surface area contributed by atoms with Gasteiger partial charge in [0, 0.05) is 20.5 Å². The van der Waals surface area contributed by atoms with E-state index in [0.717, 1.165) is 12.1 Å². The van der Waals surface area contributed by atoms with E-state index < -0.39 is 21.6 Å². The first-order valence-electron chi connectivity index (χ1n) is 5.71. The van der Waals surface area contributed by atoms with E-state index in [9.17, 15) is 18.0 Å². The Morgan fingerprint density at radius 2 is 1.76 bits per heavy atom. The van der Waals surface area contributed by atoms with Crippen LogP contribution in [-0.4, -0.2) is 50.1 Å². The molecule has 0 heterocycles. The maximum atomic E-state index is 12.2. The van der Waals surface area contributed by atoms with Gasteiger partial charge in [0.2, 0.25) is 5.91 Å². The number of hydrogen-bond acceptors (Lipinski definition) is 4. The Kier molecular flexibility index (Phi) is 5.61. The summed E-state index contributed by atoms with van der Waals surface area (Å²) in [4.78, 5) is 23.3. The summed E-state index contributed by atoms with van der Waals surface area (Å²) in [6.07, 6.45) is -0.226. The number of benzene rings is 1. The van der Waals surface area contributed by atoms with Crippen LogP contribution in [0.1, 0.15) is 16.8 Å². The second kappa shape index (κ2) is 6.64. The number of hydrogen-bond donors (Lipinski definition) is 1. The molecule has 9 heteroatoms. The van der Waals surface area contributed by atoms with Crippen molar-refractivity contribution in [3.8, 4) is 0 Å². The summed E-state index contributed by atoms with van der Waals surface area (Å²) in [5.41, 5.74) is -0.362. The summed E-state index contributed by atoms with van der Waals surface area (Å²) in [5.74, 6) is -2.19. The van der Waals surface area contributed by atoms with Gasteiger partial charge in [-0.3, -0.25) is 4.79 Å². The van der Waals surface area contributed by atoms with Gasteiger partial charge in [-0.1, -0.05) is 23.2 Å². The molecule has 1 N–H and O–H groups in total. The van der Waals surface area contributed by atoms with Gasteiger partial charge in [-0.05, 0) is 12.1 Å². The molecule has 6 nitrogen and oxygen atoms in total. The maximum Gasteiger partial charge on any atom is 0.337 e. The van der Waals surface area contributed by atoms with E-state index in [0.29, 0.717) is 0 Å². The maximum absolute atomic E-state index is 12.2. The number of carbonyl (C=O) groups excluding carboxylic acids is 1. The Bertz CT molecular complexity index is 685. The van der Waals surface area contributed by atoms with Gasteiger partial charge in [0.1, 0.15) is 0 Å². The van der Waals surface area contributed by atoms with Crippen molar-refractivity contribution in [1.82, 2.24) is 4.90 Å². The molecule has 0 aromatic heterocycles. The fourth-order valence-corrected chi connectivity index (χ4v) is 3.62. The molecule has 116 valence electrons. The van der Waals surface area contributed by atoms with Gasteiger partial charge >= 0.3 is 5.97 Å². The molecule has 0 radical (unpaired) electrons.